The number of hydrogen-bond donors (Lipinski definition) is 0. The molecule has 92 valence electrons. The van der Waals surface area contributed by atoms with Gasteiger partial charge in [0, 0.05) is 12.1 Å². The van der Waals surface area contributed by atoms with Gasteiger partial charge in [0.25, 0.3) is 0 Å². The molecule has 1 nitrogen and oxygen atoms in total. The first-order valence-electron chi connectivity index (χ1n) is 6.44. The van der Waals surface area contributed by atoms with E-state index < -0.39 is 0 Å². The third-order valence-corrected chi connectivity index (χ3v) is 2.82. The molecule has 0 aliphatic carbocycles. The topological polar surface area (TPSA) is 3.24 Å². The molecule has 0 aromatic rings. The molecule has 0 aliphatic rings. The lowest BCUT2D eigenvalue weighted by molar-refractivity contribution is 0.118. The van der Waals surface area contributed by atoms with Gasteiger partial charge in [-0.15, -0.1) is 6.58 Å². The first-order valence-corrected chi connectivity index (χ1v) is 6.44. The van der Waals surface area contributed by atoms with Crippen LogP contribution >= 0.6 is 0 Å². The fourth-order valence-corrected chi connectivity index (χ4v) is 1.46. The minimum absolute atomic E-state index is 0.346. The summed E-state index contributed by atoms with van der Waals surface area (Å²) in [4.78, 5) is 2.56. The van der Waals surface area contributed by atoms with Crippen LogP contribution in [0.3, 0.4) is 0 Å². The predicted octanol–water partition coefficient (Wildman–Crippen LogP) is 4.49. The monoisotopic (exact) mass is 213 g/mol. The molecule has 1 heteroatoms. The highest BCUT2D eigenvalue weighted by Gasteiger charge is 2.22. The minimum Gasteiger partial charge on any atom is -0.298 e. The SMILES string of the molecule is C=CCCN(CCC)C(C)(C)CC.CC. The molecule has 0 aromatic carbocycles. The Balaban J connectivity index is 0. The van der Waals surface area contributed by atoms with Crippen LogP contribution in [0.5, 0.6) is 0 Å². The van der Waals surface area contributed by atoms with Crippen LogP contribution in [0.15, 0.2) is 12.7 Å². The van der Waals surface area contributed by atoms with E-state index in [1.165, 1.54) is 19.4 Å². The van der Waals surface area contributed by atoms with Gasteiger partial charge in [-0.05, 0) is 39.7 Å². The number of hydrogen-bond acceptors (Lipinski definition) is 1. The molecule has 0 heterocycles. The largest absolute Gasteiger partial charge is 0.298 e. The zero-order valence-corrected chi connectivity index (χ0v) is 11.8. The second kappa shape index (κ2) is 10.2. The van der Waals surface area contributed by atoms with Gasteiger partial charge in [-0.1, -0.05) is 33.8 Å². The van der Waals surface area contributed by atoms with Crippen LogP contribution < -0.4 is 0 Å². The second-order valence-corrected chi connectivity index (χ2v) is 4.23. The Bertz CT molecular complexity index is 138. The molecule has 0 fully saturated rings. The smallest absolute Gasteiger partial charge is 0.0150 e. The molecule has 0 atom stereocenters. The Hall–Kier alpha value is -0.300. The minimum atomic E-state index is 0.346. The van der Waals surface area contributed by atoms with Gasteiger partial charge in [-0.25, -0.2) is 0 Å². The van der Waals surface area contributed by atoms with E-state index in [2.05, 4.69) is 39.2 Å². The average molecular weight is 213 g/mol. The van der Waals surface area contributed by atoms with Crippen molar-refractivity contribution in [1.82, 2.24) is 4.90 Å². The lowest BCUT2D eigenvalue weighted by Crippen LogP contribution is -2.44. The van der Waals surface area contributed by atoms with E-state index in [0.29, 0.717) is 5.54 Å². The van der Waals surface area contributed by atoms with Crippen molar-refractivity contribution in [3.63, 3.8) is 0 Å². The molecular formula is C14H31N. The maximum absolute atomic E-state index is 3.77. The van der Waals surface area contributed by atoms with E-state index in [-0.39, 0.29) is 0 Å². The highest BCUT2D eigenvalue weighted by molar-refractivity contribution is 4.81. The summed E-state index contributed by atoms with van der Waals surface area (Å²) in [5.41, 5.74) is 0.346. The first kappa shape index (κ1) is 17.1. The normalized spacial score (nSPS) is 10.9. The molecule has 0 bridgehead atoms. The highest BCUT2D eigenvalue weighted by atomic mass is 15.2. The van der Waals surface area contributed by atoms with Gasteiger partial charge < -0.3 is 0 Å². The molecule has 15 heavy (non-hydrogen) atoms. The Morgan fingerprint density at radius 1 is 1.13 bits per heavy atom. The van der Waals surface area contributed by atoms with Crippen LogP contribution in [0.25, 0.3) is 0 Å². The van der Waals surface area contributed by atoms with Crippen molar-refractivity contribution < 1.29 is 0 Å². The van der Waals surface area contributed by atoms with Crippen LogP contribution in [-0.2, 0) is 0 Å². The summed E-state index contributed by atoms with van der Waals surface area (Å²) in [7, 11) is 0. The molecule has 0 saturated carbocycles. The molecule has 0 radical (unpaired) electrons. The van der Waals surface area contributed by atoms with Crippen LogP contribution in [0.1, 0.15) is 60.8 Å². The number of rotatable bonds is 7. The lowest BCUT2D eigenvalue weighted by Gasteiger charge is -2.37. The van der Waals surface area contributed by atoms with E-state index in [1.807, 2.05) is 19.9 Å². The molecule has 0 unspecified atom stereocenters. The molecule has 0 aromatic heterocycles. The van der Waals surface area contributed by atoms with E-state index in [9.17, 15) is 0 Å². The van der Waals surface area contributed by atoms with Crippen molar-refractivity contribution in [3.05, 3.63) is 12.7 Å². The maximum atomic E-state index is 3.77. The zero-order valence-electron chi connectivity index (χ0n) is 11.8. The van der Waals surface area contributed by atoms with Crippen LogP contribution in [0.2, 0.25) is 0 Å². The Morgan fingerprint density at radius 2 is 1.67 bits per heavy atom. The first-order chi connectivity index (χ1) is 7.08. The average Bonchev–Trinajstić information content (AvgIpc) is 2.26. The lowest BCUT2D eigenvalue weighted by atomic mass is 9.98. The molecular weight excluding hydrogens is 182 g/mol. The van der Waals surface area contributed by atoms with Gasteiger partial charge in [0.2, 0.25) is 0 Å². The van der Waals surface area contributed by atoms with Crippen LogP contribution in [0, 0.1) is 0 Å². The summed E-state index contributed by atoms with van der Waals surface area (Å²) in [5.74, 6) is 0. The summed E-state index contributed by atoms with van der Waals surface area (Å²) in [6.07, 6.45) is 5.56. The zero-order chi connectivity index (χ0) is 12.3. The van der Waals surface area contributed by atoms with Gasteiger partial charge in [0.15, 0.2) is 0 Å². The van der Waals surface area contributed by atoms with Crippen molar-refractivity contribution in [2.24, 2.45) is 0 Å². The van der Waals surface area contributed by atoms with Crippen molar-refractivity contribution in [2.45, 2.75) is 66.3 Å². The van der Waals surface area contributed by atoms with Gasteiger partial charge >= 0.3 is 0 Å². The van der Waals surface area contributed by atoms with Crippen LogP contribution in [0.4, 0.5) is 0 Å². The van der Waals surface area contributed by atoms with Crippen molar-refractivity contribution in [1.29, 1.82) is 0 Å². The Labute approximate surface area is 97.6 Å². The summed E-state index contributed by atoms with van der Waals surface area (Å²) >= 11 is 0. The van der Waals surface area contributed by atoms with Gasteiger partial charge in [-0.2, -0.15) is 0 Å². The second-order valence-electron chi connectivity index (χ2n) is 4.23. The third kappa shape index (κ3) is 7.61. The Morgan fingerprint density at radius 3 is 2.00 bits per heavy atom. The molecule has 0 aliphatic heterocycles. The fourth-order valence-electron chi connectivity index (χ4n) is 1.46. The van der Waals surface area contributed by atoms with Gasteiger partial charge in [-0.3, -0.25) is 4.90 Å². The predicted molar refractivity (Wildman–Crippen MR) is 72.4 cm³/mol. The van der Waals surface area contributed by atoms with E-state index in [0.717, 1.165) is 13.0 Å². The standard InChI is InChI=1S/C12H25N.C2H6/c1-6-9-11-13(10-7-2)12(4,5)8-3;1-2/h6H,1,7-11H2,2-5H3;1-2H3. The van der Waals surface area contributed by atoms with Crippen molar-refractivity contribution in [3.8, 4) is 0 Å². The maximum Gasteiger partial charge on any atom is 0.0150 e. The quantitative estimate of drug-likeness (QED) is 0.563. The summed E-state index contributed by atoms with van der Waals surface area (Å²) in [6, 6.07) is 0. The molecule has 0 spiro atoms. The fraction of sp³-hybridized carbons (Fsp3) is 0.857. The third-order valence-electron chi connectivity index (χ3n) is 2.82. The Kier molecular flexibility index (Phi) is 11.7. The highest BCUT2D eigenvalue weighted by Crippen LogP contribution is 2.18. The molecule has 0 N–H and O–H groups in total. The molecule has 0 amide bonds. The summed E-state index contributed by atoms with van der Waals surface area (Å²) in [6.45, 7) is 19.3. The van der Waals surface area contributed by atoms with Crippen LogP contribution in [-0.4, -0.2) is 23.5 Å². The van der Waals surface area contributed by atoms with Crippen molar-refractivity contribution in [2.75, 3.05) is 13.1 Å². The van der Waals surface area contributed by atoms with Gasteiger partial charge in [0.1, 0.15) is 0 Å². The summed E-state index contributed by atoms with van der Waals surface area (Å²) in [5, 5.41) is 0. The molecule has 0 rings (SSSR count). The van der Waals surface area contributed by atoms with Crippen molar-refractivity contribution >= 4 is 0 Å². The van der Waals surface area contributed by atoms with E-state index in [4.69, 9.17) is 0 Å². The molecule has 0 saturated heterocycles. The van der Waals surface area contributed by atoms with E-state index in [1.54, 1.807) is 0 Å². The van der Waals surface area contributed by atoms with Gasteiger partial charge in [0.05, 0.1) is 0 Å². The number of nitrogens with zero attached hydrogens (tertiary/aromatic N) is 1. The van der Waals surface area contributed by atoms with E-state index >= 15 is 0 Å². The summed E-state index contributed by atoms with van der Waals surface area (Å²) < 4.78 is 0.